The third-order valence-corrected chi connectivity index (χ3v) is 1.99. The Labute approximate surface area is 82.3 Å². The molecule has 2 rings (SSSR count). The van der Waals surface area contributed by atoms with Crippen molar-refractivity contribution >= 4 is 5.65 Å². The van der Waals surface area contributed by atoms with Gasteiger partial charge in [0.25, 0.3) is 0 Å². The Morgan fingerprint density at radius 2 is 2.36 bits per heavy atom. The van der Waals surface area contributed by atoms with Gasteiger partial charge in [-0.1, -0.05) is 0 Å². The van der Waals surface area contributed by atoms with E-state index in [9.17, 15) is 0 Å². The lowest BCUT2D eigenvalue weighted by atomic mass is 10.4. The Morgan fingerprint density at radius 3 is 3.21 bits per heavy atom. The third kappa shape index (κ3) is 1.70. The van der Waals surface area contributed by atoms with E-state index in [4.69, 9.17) is 10.5 Å². The second-order valence-electron chi connectivity index (χ2n) is 3.02. The van der Waals surface area contributed by atoms with Crippen LogP contribution in [0.3, 0.4) is 0 Å². The molecule has 74 valence electrons. The number of ether oxygens (including phenoxy) is 1. The van der Waals surface area contributed by atoms with E-state index < -0.39 is 0 Å². The molecule has 0 atom stereocenters. The van der Waals surface area contributed by atoms with Crippen molar-refractivity contribution in [3.05, 3.63) is 30.7 Å². The smallest absolute Gasteiger partial charge is 0.179 e. The predicted molar refractivity (Wildman–Crippen MR) is 54.4 cm³/mol. The third-order valence-electron chi connectivity index (χ3n) is 1.99. The highest BCUT2D eigenvalue weighted by atomic mass is 16.5. The number of aromatic nitrogens is 2. The lowest BCUT2D eigenvalue weighted by Crippen LogP contribution is -2.06. The second-order valence-corrected chi connectivity index (χ2v) is 3.02. The molecule has 2 N–H and O–H groups in total. The molecule has 0 aliphatic rings. The molecule has 0 aliphatic carbocycles. The van der Waals surface area contributed by atoms with Gasteiger partial charge in [-0.2, -0.15) is 0 Å². The van der Waals surface area contributed by atoms with Gasteiger partial charge in [-0.15, -0.1) is 0 Å². The fourth-order valence-corrected chi connectivity index (χ4v) is 1.30. The summed E-state index contributed by atoms with van der Waals surface area (Å²) < 4.78 is 7.48. The van der Waals surface area contributed by atoms with E-state index in [1.54, 1.807) is 6.20 Å². The van der Waals surface area contributed by atoms with Crippen LogP contribution in [0.2, 0.25) is 0 Å². The summed E-state index contributed by atoms with van der Waals surface area (Å²) in [6.07, 6.45) is 6.45. The summed E-state index contributed by atoms with van der Waals surface area (Å²) in [5, 5.41) is 0. The Balaban J connectivity index is 2.19. The number of hydrogen-bond acceptors (Lipinski definition) is 3. The average molecular weight is 191 g/mol. The zero-order chi connectivity index (χ0) is 9.80. The van der Waals surface area contributed by atoms with Crippen molar-refractivity contribution in [2.24, 2.45) is 5.73 Å². The number of pyridine rings is 1. The molecular weight excluding hydrogens is 178 g/mol. The monoisotopic (exact) mass is 191 g/mol. The second kappa shape index (κ2) is 4.11. The first-order valence-corrected chi connectivity index (χ1v) is 4.66. The molecule has 2 aromatic heterocycles. The van der Waals surface area contributed by atoms with Crippen LogP contribution in [0, 0.1) is 0 Å². The number of nitrogens with two attached hydrogens (primary N) is 1. The normalized spacial score (nSPS) is 10.6. The molecule has 2 aromatic rings. The highest BCUT2D eigenvalue weighted by molar-refractivity contribution is 5.53. The van der Waals surface area contributed by atoms with E-state index in [0.717, 1.165) is 17.8 Å². The molecule has 4 nitrogen and oxygen atoms in total. The largest absolute Gasteiger partial charge is 0.490 e. The van der Waals surface area contributed by atoms with Gasteiger partial charge in [-0.05, 0) is 25.1 Å². The molecule has 2 heterocycles. The number of hydrogen-bond donors (Lipinski definition) is 1. The van der Waals surface area contributed by atoms with E-state index in [2.05, 4.69) is 4.98 Å². The van der Waals surface area contributed by atoms with Gasteiger partial charge in [0.05, 0.1) is 6.61 Å². The maximum Gasteiger partial charge on any atom is 0.179 e. The minimum atomic E-state index is 0.642. The fourth-order valence-electron chi connectivity index (χ4n) is 1.30. The van der Waals surface area contributed by atoms with Gasteiger partial charge in [-0.25, -0.2) is 4.98 Å². The highest BCUT2D eigenvalue weighted by Gasteiger charge is 2.01. The lowest BCUT2D eigenvalue weighted by molar-refractivity contribution is 0.315. The van der Waals surface area contributed by atoms with Gasteiger partial charge < -0.3 is 14.9 Å². The minimum Gasteiger partial charge on any atom is -0.490 e. The average Bonchev–Trinajstić information content (AvgIpc) is 2.67. The van der Waals surface area contributed by atoms with E-state index in [1.165, 1.54) is 0 Å². The molecule has 0 unspecified atom stereocenters. The minimum absolute atomic E-state index is 0.642. The zero-order valence-electron chi connectivity index (χ0n) is 7.89. The van der Waals surface area contributed by atoms with Crippen LogP contribution in [-0.2, 0) is 0 Å². The SMILES string of the molecule is NCCCOc1cccn2ccnc12. The summed E-state index contributed by atoms with van der Waals surface area (Å²) in [6, 6.07) is 3.85. The maximum absolute atomic E-state index is 5.55. The molecule has 0 spiro atoms. The van der Waals surface area contributed by atoms with Crippen LogP contribution in [0.15, 0.2) is 30.7 Å². The summed E-state index contributed by atoms with van der Waals surface area (Å²) in [5.41, 5.74) is 6.24. The van der Waals surface area contributed by atoms with E-state index in [-0.39, 0.29) is 0 Å². The van der Waals surface area contributed by atoms with Crippen molar-refractivity contribution in [2.45, 2.75) is 6.42 Å². The van der Waals surface area contributed by atoms with Gasteiger partial charge in [0, 0.05) is 18.6 Å². The van der Waals surface area contributed by atoms with Gasteiger partial charge >= 0.3 is 0 Å². The zero-order valence-corrected chi connectivity index (χ0v) is 7.89. The fraction of sp³-hybridized carbons (Fsp3) is 0.300. The van der Waals surface area contributed by atoms with Crippen molar-refractivity contribution in [1.29, 1.82) is 0 Å². The number of imidazole rings is 1. The van der Waals surface area contributed by atoms with Gasteiger partial charge in [-0.3, -0.25) is 0 Å². The van der Waals surface area contributed by atoms with Gasteiger partial charge in [0.15, 0.2) is 11.4 Å². The highest BCUT2D eigenvalue weighted by Crippen LogP contribution is 2.16. The van der Waals surface area contributed by atoms with Crippen molar-refractivity contribution in [1.82, 2.24) is 9.38 Å². The molecule has 0 saturated heterocycles. The Kier molecular flexibility index (Phi) is 2.65. The quantitative estimate of drug-likeness (QED) is 0.735. The van der Waals surface area contributed by atoms with Crippen molar-refractivity contribution < 1.29 is 4.74 Å². The van der Waals surface area contributed by atoms with Crippen LogP contribution in [0.25, 0.3) is 5.65 Å². The predicted octanol–water partition coefficient (Wildman–Crippen LogP) is 1.06. The molecule has 0 saturated carbocycles. The molecule has 0 aliphatic heterocycles. The molecule has 14 heavy (non-hydrogen) atoms. The molecule has 0 radical (unpaired) electrons. The first kappa shape index (κ1) is 9.02. The summed E-state index contributed by atoms with van der Waals surface area (Å²) in [7, 11) is 0. The first-order valence-electron chi connectivity index (χ1n) is 4.66. The van der Waals surface area contributed by atoms with Crippen LogP contribution in [0.1, 0.15) is 6.42 Å². The van der Waals surface area contributed by atoms with Crippen LogP contribution in [0.5, 0.6) is 5.75 Å². The van der Waals surface area contributed by atoms with E-state index in [0.29, 0.717) is 13.2 Å². The van der Waals surface area contributed by atoms with E-state index in [1.807, 2.05) is 28.9 Å². The van der Waals surface area contributed by atoms with Crippen LogP contribution < -0.4 is 10.5 Å². The van der Waals surface area contributed by atoms with Crippen LogP contribution >= 0.6 is 0 Å². The topological polar surface area (TPSA) is 52.5 Å². The van der Waals surface area contributed by atoms with Crippen molar-refractivity contribution in [2.75, 3.05) is 13.2 Å². The van der Waals surface area contributed by atoms with Gasteiger partial charge in [0.2, 0.25) is 0 Å². The van der Waals surface area contributed by atoms with Crippen LogP contribution in [0.4, 0.5) is 0 Å². The Bertz CT molecular complexity index is 410. The first-order chi connectivity index (χ1) is 6.92. The van der Waals surface area contributed by atoms with Crippen LogP contribution in [-0.4, -0.2) is 22.5 Å². The standard InChI is InChI=1S/C10H13N3O/c11-4-2-8-14-9-3-1-6-13-7-5-12-10(9)13/h1,3,5-7H,2,4,8,11H2. The van der Waals surface area contributed by atoms with Crippen molar-refractivity contribution in [3.63, 3.8) is 0 Å². The summed E-state index contributed by atoms with van der Waals surface area (Å²) in [6.45, 7) is 1.29. The molecule has 0 fully saturated rings. The molecule has 0 aromatic carbocycles. The number of rotatable bonds is 4. The molecular formula is C10H13N3O. The van der Waals surface area contributed by atoms with Crippen molar-refractivity contribution in [3.8, 4) is 5.75 Å². The molecule has 4 heteroatoms. The number of fused-ring (bicyclic) bond motifs is 1. The molecule has 0 amide bonds. The summed E-state index contributed by atoms with van der Waals surface area (Å²) >= 11 is 0. The Morgan fingerprint density at radius 1 is 1.43 bits per heavy atom. The Hall–Kier alpha value is -1.55. The maximum atomic E-state index is 5.55. The lowest BCUT2D eigenvalue weighted by Gasteiger charge is -2.05. The molecule has 0 bridgehead atoms. The van der Waals surface area contributed by atoms with E-state index >= 15 is 0 Å². The number of nitrogens with zero attached hydrogens (tertiary/aromatic N) is 2. The van der Waals surface area contributed by atoms with Gasteiger partial charge in [0.1, 0.15) is 0 Å². The summed E-state index contributed by atoms with van der Waals surface area (Å²) in [5.74, 6) is 0.811. The summed E-state index contributed by atoms with van der Waals surface area (Å²) in [4.78, 5) is 4.20.